The van der Waals surface area contributed by atoms with Crippen LogP contribution in [0.5, 0.6) is 5.75 Å². The van der Waals surface area contributed by atoms with Gasteiger partial charge in [0.25, 0.3) is 0 Å². The van der Waals surface area contributed by atoms with E-state index >= 15 is 0 Å². The highest BCUT2D eigenvalue weighted by atomic mass is 16.5. The minimum atomic E-state index is -0.384. The SMILES string of the molecule is C/C=C(\C)c1cc(=O)c2c(C)cc3c(c2o1)C(=O)c1c(OC)cccc1C3=O. The summed E-state index contributed by atoms with van der Waals surface area (Å²) < 4.78 is 11.3. The van der Waals surface area contributed by atoms with Gasteiger partial charge in [-0.2, -0.15) is 0 Å². The maximum absolute atomic E-state index is 13.4. The fourth-order valence-electron chi connectivity index (χ4n) is 3.66. The fraction of sp³-hybridized carbons (Fsp3) is 0.174. The first-order valence-corrected chi connectivity index (χ1v) is 8.90. The third kappa shape index (κ3) is 2.36. The average molecular weight is 374 g/mol. The Labute approximate surface area is 161 Å². The van der Waals surface area contributed by atoms with E-state index in [-0.39, 0.29) is 39.3 Å². The molecule has 28 heavy (non-hydrogen) atoms. The number of carbonyl (C=O) groups excluding carboxylic acids is 2. The molecule has 4 rings (SSSR count). The third-order valence-electron chi connectivity index (χ3n) is 5.21. The van der Waals surface area contributed by atoms with Crippen molar-refractivity contribution in [3.8, 4) is 5.75 Å². The lowest BCUT2D eigenvalue weighted by atomic mass is 9.81. The summed E-state index contributed by atoms with van der Waals surface area (Å²) in [5.41, 5.74) is 2.11. The first-order valence-electron chi connectivity index (χ1n) is 8.90. The predicted molar refractivity (Wildman–Crippen MR) is 106 cm³/mol. The highest BCUT2D eigenvalue weighted by molar-refractivity contribution is 6.32. The summed E-state index contributed by atoms with van der Waals surface area (Å²) in [5.74, 6) is 0.0204. The molecule has 1 aliphatic rings. The van der Waals surface area contributed by atoms with Gasteiger partial charge in [-0.25, -0.2) is 0 Å². The molecular formula is C23H18O5. The maximum atomic E-state index is 13.4. The van der Waals surface area contributed by atoms with Gasteiger partial charge in [-0.3, -0.25) is 14.4 Å². The molecule has 0 amide bonds. The van der Waals surface area contributed by atoms with Gasteiger partial charge in [0, 0.05) is 17.2 Å². The van der Waals surface area contributed by atoms with E-state index in [1.165, 1.54) is 13.2 Å². The van der Waals surface area contributed by atoms with Gasteiger partial charge < -0.3 is 9.15 Å². The Morgan fingerprint density at radius 3 is 2.46 bits per heavy atom. The molecule has 1 aliphatic carbocycles. The van der Waals surface area contributed by atoms with E-state index in [4.69, 9.17) is 9.15 Å². The molecule has 0 N–H and O–H groups in total. The minimum absolute atomic E-state index is 0.116. The Balaban J connectivity index is 2.17. The maximum Gasteiger partial charge on any atom is 0.202 e. The van der Waals surface area contributed by atoms with Crippen molar-refractivity contribution in [3.05, 3.63) is 80.2 Å². The van der Waals surface area contributed by atoms with Crippen LogP contribution in [-0.2, 0) is 0 Å². The number of ether oxygens (including phenoxy) is 1. The second-order valence-electron chi connectivity index (χ2n) is 6.81. The van der Waals surface area contributed by atoms with Crippen LogP contribution >= 0.6 is 0 Å². The zero-order chi connectivity index (χ0) is 20.2. The van der Waals surface area contributed by atoms with Gasteiger partial charge in [-0.1, -0.05) is 18.2 Å². The number of ketones is 2. The molecular weight excluding hydrogens is 356 g/mol. The van der Waals surface area contributed by atoms with Crippen LogP contribution in [0.1, 0.15) is 57.0 Å². The van der Waals surface area contributed by atoms with E-state index < -0.39 is 0 Å². The van der Waals surface area contributed by atoms with Crippen molar-refractivity contribution in [1.82, 2.24) is 0 Å². The predicted octanol–water partition coefficient (Wildman–Crippen LogP) is 4.31. The second kappa shape index (κ2) is 6.30. The molecule has 1 aromatic heterocycles. The number of hydrogen-bond donors (Lipinski definition) is 0. The molecule has 0 fully saturated rings. The number of fused-ring (bicyclic) bond motifs is 4. The van der Waals surface area contributed by atoms with Gasteiger partial charge in [-0.15, -0.1) is 0 Å². The summed E-state index contributed by atoms with van der Waals surface area (Å²) in [6, 6.07) is 7.93. The molecule has 0 saturated carbocycles. The summed E-state index contributed by atoms with van der Waals surface area (Å²) in [5, 5.41) is 0.311. The van der Waals surface area contributed by atoms with Crippen molar-refractivity contribution in [2.45, 2.75) is 20.8 Å². The van der Waals surface area contributed by atoms with Crippen LogP contribution in [0.3, 0.4) is 0 Å². The molecule has 0 spiro atoms. The van der Waals surface area contributed by atoms with Crippen molar-refractivity contribution < 1.29 is 18.7 Å². The van der Waals surface area contributed by atoms with E-state index in [9.17, 15) is 14.4 Å². The van der Waals surface area contributed by atoms with E-state index in [2.05, 4.69) is 0 Å². The summed E-state index contributed by atoms with van der Waals surface area (Å²) in [4.78, 5) is 39.3. The molecule has 0 saturated heterocycles. The lowest BCUT2D eigenvalue weighted by molar-refractivity contribution is 0.0977. The molecule has 0 bridgehead atoms. The zero-order valence-corrected chi connectivity index (χ0v) is 16.0. The Bertz CT molecular complexity index is 1270. The molecule has 0 unspecified atom stereocenters. The van der Waals surface area contributed by atoms with Crippen LogP contribution < -0.4 is 10.2 Å². The Morgan fingerprint density at radius 1 is 1.04 bits per heavy atom. The lowest BCUT2D eigenvalue weighted by Gasteiger charge is -2.21. The molecule has 140 valence electrons. The molecule has 3 aromatic rings. The van der Waals surface area contributed by atoms with Crippen LogP contribution in [0, 0.1) is 6.92 Å². The quantitative estimate of drug-likeness (QED) is 0.523. The monoisotopic (exact) mass is 374 g/mol. The number of allylic oxidation sites excluding steroid dienone is 2. The molecule has 0 atom stereocenters. The summed E-state index contributed by atoms with van der Waals surface area (Å²) >= 11 is 0. The Kier molecular flexibility index (Phi) is 4.03. The number of hydrogen-bond acceptors (Lipinski definition) is 5. The number of benzene rings is 2. The Hall–Kier alpha value is -3.47. The van der Waals surface area contributed by atoms with Crippen molar-refractivity contribution >= 4 is 28.1 Å². The van der Waals surface area contributed by atoms with Crippen LogP contribution in [0.25, 0.3) is 16.5 Å². The third-order valence-corrected chi connectivity index (χ3v) is 5.21. The standard InChI is InChI=1S/C23H18O5/c1-5-11(2)17-10-15(24)18-12(3)9-14-20(23(18)28-17)22(26)19-13(21(14)25)7-6-8-16(19)27-4/h5-10H,1-4H3/b11-5+. The number of carbonyl (C=O) groups is 2. The van der Waals surface area contributed by atoms with Crippen LogP contribution in [0.2, 0.25) is 0 Å². The highest BCUT2D eigenvalue weighted by Crippen LogP contribution is 2.37. The molecule has 5 heteroatoms. The largest absolute Gasteiger partial charge is 0.496 e. The molecule has 0 radical (unpaired) electrons. The minimum Gasteiger partial charge on any atom is -0.496 e. The highest BCUT2D eigenvalue weighted by Gasteiger charge is 2.35. The van der Waals surface area contributed by atoms with Crippen LogP contribution in [0.4, 0.5) is 0 Å². The summed E-state index contributed by atoms with van der Waals surface area (Å²) in [7, 11) is 1.45. The number of rotatable bonds is 2. The van der Waals surface area contributed by atoms with Gasteiger partial charge in [0.05, 0.1) is 23.6 Å². The van der Waals surface area contributed by atoms with Crippen molar-refractivity contribution in [2.75, 3.05) is 7.11 Å². The topological polar surface area (TPSA) is 73.6 Å². The first kappa shape index (κ1) is 17.9. The van der Waals surface area contributed by atoms with Gasteiger partial charge in [0.15, 0.2) is 16.8 Å². The van der Waals surface area contributed by atoms with E-state index in [1.807, 2.05) is 19.9 Å². The van der Waals surface area contributed by atoms with Gasteiger partial charge in [0.1, 0.15) is 11.5 Å². The van der Waals surface area contributed by atoms with Gasteiger partial charge in [0.2, 0.25) is 5.78 Å². The molecule has 5 nitrogen and oxygen atoms in total. The average Bonchev–Trinajstić information content (AvgIpc) is 2.69. The van der Waals surface area contributed by atoms with Crippen molar-refractivity contribution in [2.24, 2.45) is 0 Å². The first-order chi connectivity index (χ1) is 13.4. The molecule has 2 aromatic carbocycles. The fourth-order valence-corrected chi connectivity index (χ4v) is 3.66. The van der Waals surface area contributed by atoms with Gasteiger partial charge >= 0.3 is 0 Å². The summed E-state index contributed by atoms with van der Waals surface area (Å²) in [6.07, 6.45) is 1.82. The smallest absolute Gasteiger partial charge is 0.202 e. The van der Waals surface area contributed by atoms with Gasteiger partial charge in [-0.05, 0) is 44.0 Å². The van der Waals surface area contributed by atoms with Crippen LogP contribution in [0.15, 0.2) is 45.6 Å². The van der Waals surface area contributed by atoms with Crippen molar-refractivity contribution in [1.29, 1.82) is 0 Å². The normalized spacial score (nSPS) is 13.5. The number of methoxy groups -OCH3 is 1. The van der Waals surface area contributed by atoms with E-state index in [0.717, 1.165) is 5.57 Å². The van der Waals surface area contributed by atoms with E-state index in [1.54, 1.807) is 31.2 Å². The summed E-state index contributed by atoms with van der Waals surface area (Å²) in [6.45, 7) is 5.39. The Morgan fingerprint density at radius 2 is 1.79 bits per heavy atom. The molecule has 0 aliphatic heterocycles. The zero-order valence-electron chi connectivity index (χ0n) is 16.0. The second-order valence-corrected chi connectivity index (χ2v) is 6.81. The van der Waals surface area contributed by atoms with E-state index in [0.29, 0.717) is 28.0 Å². The van der Waals surface area contributed by atoms with Crippen molar-refractivity contribution in [3.63, 3.8) is 0 Å². The lowest BCUT2D eigenvalue weighted by Crippen LogP contribution is -2.23. The molecule has 1 heterocycles. The number of aryl methyl sites for hydroxylation is 1. The van der Waals surface area contributed by atoms with Crippen LogP contribution in [-0.4, -0.2) is 18.7 Å².